The lowest BCUT2D eigenvalue weighted by Gasteiger charge is -1.77. The lowest BCUT2D eigenvalue weighted by molar-refractivity contribution is 0.0651. The smallest absolute Gasteiger partial charge is 0.374 e. The van der Waals surface area contributed by atoms with E-state index in [0.717, 1.165) is 6.07 Å². The van der Waals surface area contributed by atoms with Crippen LogP contribution in [0.2, 0.25) is 0 Å². The number of carbonyl (C=O) groups excluding carboxylic acids is 1. The summed E-state index contributed by atoms with van der Waals surface area (Å²) in [6.45, 7) is 1.28. The van der Waals surface area contributed by atoms with E-state index in [1.165, 1.54) is 6.92 Å². The Morgan fingerprint density at radius 3 is 2.55 bits per heavy atom. The Labute approximate surface area is 61.6 Å². The van der Waals surface area contributed by atoms with Gasteiger partial charge in [0.25, 0.3) is 0 Å². The standard InChI is InChI=1S/C6H5NO4/c1-3(8)4-2-5(6(9)10)11-7-4/h2H,1H3,(H,9,10). The first-order chi connectivity index (χ1) is 5.11. The van der Waals surface area contributed by atoms with E-state index in [4.69, 9.17) is 5.11 Å². The van der Waals surface area contributed by atoms with Crippen LogP contribution in [0.25, 0.3) is 0 Å². The Balaban J connectivity index is 2.99. The molecule has 5 nitrogen and oxygen atoms in total. The Bertz CT molecular complexity index is 273. The third-order valence-corrected chi connectivity index (χ3v) is 1.08. The molecule has 1 aromatic rings. The predicted octanol–water partition coefficient (Wildman–Crippen LogP) is 0.575. The van der Waals surface area contributed by atoms with Crippen LogP contribution in [0.3, 0.4) is 0 Å². The molecule has 0 bridgehead atoms. The summed E-state index contributed by atoms with van der Waals surface area (Å²) >= 11 is 0. The van der Waals surface area contributed by atoms with E-state index in [0.29, 0.717) is 0 Å². The molecule has 0 saturated heterocycles. The van der Waals surface area contributed by atoms with Crippen LogP contribution in [0.5, 0.6) is 0 Å². The number of carboxylic acid groups (broad SMARTS) is 1. The highest BCUT2D eigenvalue weighted by atomic mass is 16.5. The van der Waals surface area contributed by atoms with Gasteiger partial charge >= 0.3 is 5.97 Å². The molecule has 0 aromatic carbocycles. The van der Waals surface area contributed by atoms with Crippen molar-refractivity contribution >= 4 is 11.8 Å². The Morgan fingerprint density at radius 2 is 2.27 bits per heavy atom. The summed E-state index contributed by atoms with van der Waals surface area (Å²) in [4.78, 5) is 20.8. The quantitative estimate of drug-likeness (QED) is 0.631. The zero-order valence-corrected chi connectivity index (χ0v) is 5.70. The first-order valence-corrected chi connectivity index (χ1v) is 2.82. The molecule has 0 radical (unpaired) electrons. The van der Waals surface area contributed by atoms with E-state index in [9.17, 15) is 9.59 Å². The van der Waals surface area contributed by atoms with Gasteiger partial charge in [0.1, 0.15) is 5.69 Å². The Kier molecular flexibility index (Phi) is 1.72. The van der Waals surface area contributed by atoms with Crippen LogP contribution in [-0.4, -0.2) is 22.0 Å². The van der Waals surface area contributed by atoms with Crippen LogP contribution in [0.1, 0.15) is 28.0 Å². The van der Waals surface area contributed by atoms with Crippen LogP contribution in [-0.2, 0) is 0 Å². The molecule has 1 aromatic heterocycles. The monoisotopic (exact) mass is 155 g/mol. The molecule has 0 unspecified atom stereocenters. The van der Waals surface area contributed by atoms with E-state index in [-0.39, 0.29) is 17.2 Å². The summed E-state index contributed by atoms with van der Waals surface area (Å²) in [5, 5.41) is 11.6. The van der Waals surface area contributed by atoms with Gasteiger partial charge in [0, 0.05) is 13.0 Å². The van der Waals surface area contributed by atoms with E-state index >= 15 is 0 Å². The lowest BCUT2D eigenvalue weighted by atomic mass is 10.3. The fourth-order valence-corrected chi connectivity index (χ4v) is 0.542. The van der Waals surface area contributed by atoms with E-state index in [2.05, 4.69) is 9.68 Å². The summed E-state index contributed by atoms with van der Waals surface area (Å²) in [6, 6.07) is 1.09. The minimum atomic E-state index is -1.23. The molecule has 0 amide bonds. The molecule has 0 aliphatic rings. The van der Waals surface area contributed by atoms with Crippen molar-refractivity contribution in [2.24, 2.45) is 0 Å². The number of rotatable bonds is 2. The second-order valence-corrected chi connectivity index (χ2v) is 1.94. The minimum Gasteiger partial charge on any atom is -0.475 e. The molecule has 1 rings (SSSR count). The van der Waals surface area contributed by atoms with Crippen molar-refractivity contribution in [2.45, 2.75) is 6.92 Å². The van der Waals surface area contributed by atoms with Gasteiger partial charge in [-0.1, -0.05) is 5.16 Å². The van der Waals surface area contributed by atoms with Crippen molar-refractivity contribution in [1.82, 2.24) is 5.16 Å². The second kappa shape index (κ2) is 2.53. The number of hydrogen-bond donors (Lipinski definition) is 1. The van der Waals surface area contributed by atoms with Crippen molar-refractivity contribution < 1.29 is 19.2 Å². The fraction of sp³-hybridized carbons (Fsp3) is 0.167. The van der Waals surface area contributed by atoms with Crippen molar-refractivity contribution in [3.8, 4) is 0 Å². The summed E-state index contributed by atoms with van der Waals surface area (Å²) < 4.78 is 4.32. The SMILES string of the molecule is CC(=O)c1cc(C(=O)O)on1. The third-order valence-electron chi connectivity index (χ3n) is 1.08. The molecular formula is C6H5NO4. The first-order valence-electron chi connectivity index (χ1n) is 2.82. The molecule has 0 aliphatic heterocycles. The topological polar surface area (TPSA) is 80.4 Å². The van der Waals surface area contributed by atoms with Gasteiger partial charge < -0.3 is 9.63 Å². The molecule has 1 N–H and O–H groups in total. The summed E-state index contributed by atoms with van der Waals surface area (Å²) in [5.74, 6) is -1.87. The first kappa shape index (κ1) is 7.46. The van der Waals surface area contributed by atoms with Gasteiger partial charge in [-0.05, 0) is 0 Å². The number of nitrogens with zero attached hydrogens (tertiary/aromatic N) is 1. The van der Waals surface area contributed by atoms with Gasteiger partial charge in [0.05, 0.1) is 0 Å². The van der Waals surface area contributed by atoms with Gasteiger partial charge in [-0.3, -0.25) is 4.79 Å². The highest BCUT2D eigenvalue weighted by molar-refractivity contribution is 5.94. The Hall–Kier alpha value is -1.65. The molecule has 0 fully saturated rings. The molecule has 58 valence electrons. The van der Waals surface area contributed by atoms with Crippen molar-refractivity contribution in [1.29, 1.82) is 0 Å². The highest BCUT2D eigenvalue weighted by Crippen LogP contribution is 2.03. The molecular weight excluding hydrogens is 150 g/mol. The summed E-state index contributed by atoms with van der Waals surface area (Å²) in [6.07, 6.45) is 0. The average Bonchev–Trinajstić information content (AvgIpc) is 2.33. The van der Waals surface area contributed by atoms with E-state index in [1.54, 1.807) is 0 Å². The van der Waals surface area contributed by atoms with Gasteiger partial charge in [-0.2, -0.15) is 0 Å². The second-order valence-electron chi connectivity index (χ2n) is 1.94. The average molecular weight is 155 g/mol. The fourth-order valence-electron chi connectivity index (χ4n) is 0.542. The zero-order chi connectivity index (χ0) is 8.43. The molecule has 0 aliphatic carbocycles. The van der Waals surface area contributed by atoms with Crippen LogP contribution in [0.15, 0.2) is 10.6 Å². The highest BCUT2D eigenvalue weighted by Gasteiger charge is 2.12. The maximum atomic E-state index is 10.6. The van der Waals surface area contributed by atoms with Gasteiger partial charge in [0.2, 0.25) is 5.76 Å². The summed E-state index contributed by atoms with van der Waals surface area (Å²) in [5.41, 5.74) is 0.0300. The zero-order valence-electron chi connectivity index (χ0n) is 5.70. The van der Waals surface area contributed by atoms with Crippen molar-refractivity contribution in [2.75, 3.05) is 0 Å². The van der Waals surface area contributed by atoms with Crippen LogP contribution < -0.4 is 0 Å². The molecule has 1 heterocycles. The number of aromatic carboxylic acids is 1. The normalized spacial score (nSPS) is 9.55. The number of hydrogen-bond acceptors (Lipinski definition) is 4. The lowest BCUT2D eigenvalue weighted by Crippen LogP contribution is -1.93. The van der Waals surface area contributed by atoms with Crippen LogP contribution in [0, 0.1) is 0 Å². The number of carbonyl (C=O) groups is 2. The molecule has 11 heavy (non-hydrogen) atoms. The van der Waals surface area contributed by atoms with Crippen molar-refractivity contribution in [3.63, 3.8) is 0 Å². The number of Topliss-reactive ketones (excluding diaryl/α,β-unsaturated/α-hetero) is 1. The van der Waals surface area contributed by atoms with E-state index in [1.807, 2.05) is 0 Å². The van der Waals surface area contributed by atoms with Gasteiger partial charge in [0.15, 0.2) is 5.78 Å². The molecule has 0 saturated carbocycles. The number of aromatic nitrogens is 1. The Morgan fingerprint density at radius 1 is 1.64 bits per heavy atom. The number of carboxylic acids is 1. The third kappa shape index (κ3) is 1.43. The van der Waals surface area contributed by atoms with E-state index < -0.39 is 5.97 Å². The van der Waals surface area contributed by atoms with Gasteiger partial charge in [-0.25, -0.2) is 4.79 Å². The largest absolute Gasteiger partial charge is 0.475 e. The summed E-state index contributed by atoms with van der Waals surface area (Å²) in [7, 11) is 0. The maximum Gasteiger partial charge on any atom is 0.374 e. The molecule has 5 heteroatoms. The van der Waals surface area contributed by atoms with Gasteiger partial charge in [-0.15, -0.1) is 0 Å². The van der Waals surface area contributed by atoms with Crippen LogP contribution >= 0.6 is 0 Å². The molecule has 0 atom stereocenters. The predicted molar refractivity (Wildman–Crippen MR) is 33.5 cm³/mol. The number of ketones is 1. The van der Waals surface area contributed by atoms with Crippen LogP contribution in [0.4, 0.5) is 0 Å². The van der Waals surface area contributed by atoms with Crippen molar-refractivity contribution in [3.05, 3.63) is 17.5 Å². The minimum absolute atomic E-state index is 0.0300. The molecule has 0 spiro atoms. The maximum absolute atomic E-state index is 10.6.